The fraction of sp³-hybridized carbons (Fsp3) is 0.583. The summed E-state index contributed by atoms with van der Waals surface area (Å²) >= 11 is 0. The summed E-state index contributed by atoms with van der Waals surface area (Å²) in [6.45, 7) is 2.90. The molecule has 2 heterocycles. The summed E-state index contributed by atoms with van der Waals surface area (Å²) in [5, 5.41) is 8.14. The number of hydrogen-bond acceptors (Lipinski definition) is 6. The average Bonchev–Trinajstić information content (AvgIpc) is 2.52. The van der Waals surface area contributed by atoms with Crippen LogP contribution in [0, 0.1) is 0 Å². The van der Waals surface area contributed by atoms with Crippen LogP contribution in [0.4, 0.5) is 0 Å². The molecule has 2 aliphatic heterocycles. The molecule has 0 aromatic heterocycles. The van der Waals surface area contributed by atoms with Crippen molar-refractivity contribution in [1.29, 1.82) is 0 Å². The third-order valence-corrected chi connectivity index (χ3v) is 6.51. The number of carboxylic acid groups (broad SMARTS) is 1. The Morgan fingerprint density at radius 1 is 1.52 bits per heavy atom. The Morgan fingerprint density at radius 3 is 2.62 bits per heavy atom. The zero-order valence-electron chi connectivity index (χ0n) is 11.5. The molecule has 0 aromatic rings. The molecule has 0 unspecified atom stereocenters. The predicted molar refractivity (Wildman–Crippen MR) is 69.8 cm³/mol. The summed E-state index contributed by atoms with van der Waals surface area (Å²) in [5.41, 5.74) is 0. The minimum absolute atomic E-state index is 0.113. The second-order valence-electron chi connectivity index (χ2n) is 5.01. The van der Waals surface area contributed by atoms with Crippen LogP contribution in [0.25, 0.3) is 0 Å². The van der Waals surface area contributed by atoms with E-state index in [0.29, 0.717) is 0 Å². The Labute approximate surface area is 121 Å². The van der Waals surface area contributed by atoms with Gasteiger partial charge in [-0.15, -0.1) is 0 Å². The van der Waals surface area contributed by atoms with Gasteiger partial charge >= 0.3 is 11.9 Å². The quantitative estimate of drug-likeness (QED) is 0.414. The van der Waals surface area contributed by atoms with Gasteiger partial charge in [-0.1, -0.05) is 6.08 Å². The molecule has 0 bridgehead atoms. The van der Waals surface area contributed by atoms with Crippen LogP contribution in [0.5, 0.6) is 0 Å². The lowest BCUT2D eigenvalue weighted by molar-refractivity contribution is -0.157. The van der Waals surface area contributed by atoms with Gasteiger partial charge in [-0.2, -0.15) is 0 Å². The maximum atomic E-state index is 12.4. The second kappa shape index (κ2) is 4.83. The summed E-state index contributed by atoms with van der Waals surface area (Å²) in [4.78, 5) is 35.1. The van der Waals surface area contributed by atoms with Gasteiger partial charge in [0.15, 0.2) is 15.9 Å². The molecule has 1 N–H and O–H groups in total. The van der Waals surface area contributed by atoms with E-state index in [1.165, 1.54) is 6.92 Å². The Balaban J connectivity index is 2.45. The highest BCUT2D eigenvalue weighted by molar-refractivity contribution is 7.94. The number of rotatable bonds is 4. The third kappa shape index (κ3) is 2.03. The number of carboxylic acids is 1. The topological polar surface area (TPSA) is 118 Å². The van der Waals surface area contributed by atoms with Crippen molar-refractivity contribution >= 4 is 27.7 Å². The van der Waals surface area contributed by atoms with Gasteiger partial charge in [0, 0.05) is 6.08 Å². The molecule has 0 radical (unpaired) electrons. The largest absolute Gasteiger partial charge is 0.480 e. The van der Waals surface area contributed by atoms with E-state index in [-0.39, 0.29) is 13.0 Å². The first-order valence-electron chi connectivity index (χ1n) is 6.30. The number of ether oxygens (including phenoxy) is 1. The number of carbonyl (C=O) groups excluding carboxylic acids is 2. The summed E-state index contributed by atoms with van der Waals surface area (Å²) < 4.78 is 27.7. The molecule has 21 heavy (non-hydrogen) atoms. The van der Waals surface area contributed by atoms with Crippen LogP contribution in [0.15, 0.2) is 12.2 Å². The maximum absolute atomic E-state index is 12.4. The minimum Gasteiger partial charge on any atom is -0.480 e. The molecule has 0 saturated carbocycles. The highest BCUT2D eigenvalue weighted by Gasteiger charge is 2.69. The fourth-order valence-corrected chi connectivity index (χ4v) is 4.94. The summed E-state index contributed by atoms with van der Waals surface area (Å²) in [7, 11) is -3.94. The van der Waals surface area contributed by atoms with Gasteiger partial charge in [-0.25, -0.2) is 18.0 Å². The predicted octanol–water partition coefficient (Wildman–Crippen LogP) is -0.696. The first-order chi connectivity index (χ1) is 9.66. The van der Waals surface area contributed by atoms with Crippen LogP contribution >= 0.6 is 0 Å². The second-order valence-corrected chi connectivity index (χ2v) is 7.53. The zero-order chi connectivity index (χ0) is 16.0. The van der Waals surface area contributed by atoms with E-state index in [1.807, 2.05) is 0 Å². The molecule has 2 aliphatic rings. The molecule has 116 valence electrons. The van der Waals surface area contributed by atoms with Crippen LogP contribution in [0.1, 0.15) is 20.3 Å². The molecule has 8 nitrogen and oxygen atoms in total. The molecule has 2 saturated heterocycles. The summed E-state index contributed by atoms with van der Waals surface area (Å²) in [6.07, 6.45) is 1.67. The van der Waals surface area contributed by atoms with Gasteiger partial charge in [-0.3, -0.25) is 4.79 Å². The van der Waals surface area contributed by atoms with E-state index < -0.39 is 43.8 Å². The number of esters is 1. The van der Waals surface area contributed by atoms with Gasteiger partial charge in [0.25, 0.3) is 0 Å². The van der Waals surface area contributed by atoms with Crippen molar-refractivity contribution in [3.63, 3.8) is 0 Å². The standard InChI is InChI=1S/C12H15NO7S/c1-3-20-9(15)4-5-12(2)10(11(16)17)13-7(14)6-8(13)21(12,18)19/h4-5,8,10H,3,6H2,1-2H3,(H,16,17)/t8-,10+,12+/m1/s1. The fourth-order valence-electron chi connectivity index (χ4n) is 2.67. The molecule has 2 fully saturated rings. The Hall–Kier alpha value is -1.90. The molecular formula is C12H15NO7S. The third-order valence-electron chi connectivity index (χ3n) is 3.81. The van der Waals surface area contributed by atoms with Gasteiger partial charge < -0.3 is 14.7 Å². The van der Waals surface area contributed by atoms with Crippen molar-refractivity contribution in [2.45, 2.75) is 36.4 Å². The van der Waals surface area contributed by atoms with Crippen molar-refractivity contribution in [1.82, 2.24) is 4.90 Å². The zero-order valence-corrected chi connectivity index (χ0v) is 12.3. The van der Waals surface area contributed by atoms with Crippen molar-refractivity contribution in [2.24, 2.45) is 0 Å². The van der Waals surface area contributed by atoms with E-state index in [1.54, 1.807) is 6.92 Å². The summed E-state index contributed by atoms with van der Waals surface area (Å²) in [6, 6.07) is -1.54. The highest BCUT2D eigenvalue weighted by Crippen LogP contribution is 2.46. The van der Waals surface area contributed by atoms with Crippen molar-refractivity contribution in [3.8, 4) is 0 Å². The number of fused-ring (bicyclic) bond motifs is 1. The normalized spacial score (nSPS) is 33.6. The van der Waals surface area contributed by atoms with Gasteiger partial charge in [0.1, 0.15) is 10.1 Å². The smallest absolute Gasteiger partial charge is 0.330 e. The van der Waals surface area contributed by atoms with Crippen LogP contribution in [-0.4, -0.2) is 59.0 Å². The monoisotopic (exact) mass is 317 g/mol. The van der Waals surface area contributed by atoms with E-state index in [2.05, 4.69) is 4.74 Å². The Bertz CT molecular complexity index is 638. The molecule has 2 rings (SSSR count). The number of amides is 1. The number of aliphatic carboxylic acids is 1. The Morgan fingerprint density at radius 2 is 2.14 bits per heavy atom. The highest BCUT2D eigenvalue weighted by atomic mass is 32.2. The van der Waals surface area contributed by atoms with Crippen LogP contribution in [-0.2, 0) is 29.0 Å². The molecular weight excluding hydrogens is 302 g/mol. The number of β-lactam (4-membered cyclic amide) rings is 1. The first-order valence-corrected chi connectivity index (χ1v) is 7.85. The van der Waals surface area contributed by atoms with Crippen LogP contribution in [0.2, 0.25) is 0 Å². The summed E-state index contributed by atoms with van der Waals surface area (Å²) in [5.74, 6) is -2.71. The minimum atomic E-state index is -3.94. The molecule has 0 aliphatic carbocycles. The van der Waals surface area contributed by atoms with E-state index in [4.69, 9.17) is 0 Å². The van der Waals surface area contributed by atoms with Crippen LogP contribution < -0.4 is 0 Å². The number of sulfone groups is 1. The van der Waals surface area contributed by atoms with Crippen molar-refractivity contribution < 1.29 is 32.6 Å². The van der Waals surface area contributed by atoms with E-state index >= 15 is 0 Å². The molecule has 1 amide bonds. The van der Waals surface area contributed by atoms with Gasteiger partial charge in [0.05, 0.1) is 13.0 Å². The van der Waals surface area contributed by atoms with Gasteiger partial charge in [0.2, 0.25) is 5.91 Å². The number of hydrogen-bond donors (Lipinski definition) is 1. The molecule has 9 heteroatoms. The molecule has 0 spiro atoms. The first kappa shape index (κ1) is 15.5. The molecule has 3 atom stereocenters. The number of nitrogens with zero attached hydrogens (tertiary/aromatic N) is 1. The van der Waals surface area contributed by atoms with Crippen molar-refractivity contribution in [2.75, 3.05) is 6.61 Å². The Kier molecular flexibility index (Phi) is 3.56. The maximum Gasteiger partial charge on any atom is 0.330 e. The lowest BCUT2D eigenvalue weighted by Crippen LogP contribution is -2.57. The average molecular weight is 317 g/mol. The molecule has 0 aromatic carbocycles. The van der Waals surface area contributed by atoms with E-state index in [9.17, 15) is 27.9 Å². The van der Waals surface area contributed by atoms with Crippen LogP contribution in [0.3, 0.4) is 0 Å². The lowest BCUT2D eigenvalue weighted by atomic mass is 9.96. The SMILES string of the molecule is CCOC(=O)C=C[C@@]1(C)[C@H](C(=O)O)N2C(=O)C[C@H]2S1(=O)=O. The van der Waals surface area contributed by atoms with E-state index in [0.717, 1.165) is 17.1 Å². The lowest BCUT2D eigenvalue weighted by Gasteiger charge is -2.35. The van der Waals surface area contributed by atoms with Crippen molar-refractivity contribution in [3.05, 3.63) is 12.2 Å². The number of carbonyl (C=O) groups is 3. The van der Waals surface area contributed by atoms with Gasteiger partial charge in [-0.05, 0) is 13.8 Å².